The van der Waals surface area contributed by atoms with Gasteiger partial charge >= 0.3 is 6.09 Å². The monoisotopic (exact) mass is 466 g/mol. The van der Waals surface area contributed by atoms with Crippen LogP contribution in [0.2, 0.25) is 0 Å². The highest BCUT2D eigenvalue weighted by atomic mass is 16.6. The summed E-state index contributed by atoms with van der Waals surface area (Å²) >= 11 is 0. The van der Waals surface area contributed by atoms with Crippen LogP contribution in [0.4, 0.5) is 4.79 Å². The fourth-order valence-corrected chi connectivity index (χ4v) is 4.54. The van der Waals surface area contributed by atoms with Crippen LogP contribution in [0.1, 0.15) is 51.8 Å². The first-order chi connectivity index (χ1) is 16.3. The van der Waals surface area contributed by atoms with Gasteiger partial charge in [-0.2, -0.15) is 10.1 Å². The molecule has 180 valence electrons. The number of carbonyl (C=O) groups is 2. The minimum absolute atomic E-state index is 0.0601. The van der Waals surface area contributed by atoms with Crippen molar-refractivity contribution in [3.8, 4) is 11.4 Å². The normalized spacial score (nSPS) is 19.6. The van der Waals surface area contributed by atoms with Crippen LogP contribution >= 0.6 is 0 Å². The number of nitrogens with one attached hydrogen (secondary N) is 1. The lowest BCUT2D eigenvalue weighted by Crippen LogP contribution is -2.41. The third kappa shape index (κ3) is 4.62. The van der Waals surface area contributed by atoms with E-state index in [4.69, 9.17) is 9.26 Å². The predicted molar refractivity (Wildman–Crippen MR) is 124 cm³/mol. The van der Waals surface area contributed by atoms with E-state index in [1.165, 1.54) is 0 Å². The van der Waals surface area contributed by atoms with Gasteiger partial charge < -0.3 is 19.5 Å². The molecule has 2 amide bonds. The summed E-state index contributed by atoms with van der Waals surface area (Å²) in [6.07, 6.45) is 3.84. The molecule has 0 spiro atoms. The fraction of sp³-hybridized carbons (Fsp3) is 0.542. The van der Waals surface area contributed by atoms with Crippen molar-refractivity contribution in [1.82, 2.24) is 30.1 Å². The second-order valence-corrected chi connectivity index (χ2v) is 10.1. The lowest BCUT2D eigenvalue weighted by atomic mass is 9.97. The van der Waals surface area contributed by atoms with Crippen molar-refractivity contribution in [2.75, 3.05) is 19.6 Å². The summed E-state index contributed by atoms with van der Waals surface area (Å²) in [6, 6.07) is 5.93. The molecule has 3 aromatic rings. The average Bonchev–Trinajstić information content (AvgIpc) is 3.54. The molecule has 10 heteroatoms. The van der Waals surface area contributed by atoms with E-state index in [1.807, 2.05) is 49.8 Å². The zero-order valence-electron chi connectivity index (χ0n) is 19.8. The summed E-state index contributed by atoms with van der Waals surface area (Å²) < 4.78 is 13.0. The van der Waals surface area contributed by atoms with Crippen LogP contribution in [0.5, 0.6) is 0 Å². The summed E-state index contributed by atoms with van der Waals surface area (Å²) in [6.45, 7) is 8.06. The van der Waals surface area contributed by atoms with Gasteiger partial charge in [-0.1, -0.05) is 17.3 Å². The molecule has 34 heavy (non-hydrogen) atoms. The zero-order chi connectivity index (χ0) is 23.9. The molecular formula is C24H30N6O4. The van der Waals surface area contributed by atoms with E-state index in [0.717, 1.165) is 42.3 Å². The third-order valence-corrected chi connectivity index (χ3v) is 6.40. The molecule has 2 fully saturated rings. The number of benzene rings is 1. The molecule has 2 saturated heterocycles. The van der Waals surface area contributed by atoms with Crippen molar-refractivity contribution in [3.63, 3.8) is 0 Å². The highest BCUT2D eigenvalue weighted by Crippen LogP contribution is 2.30. The maximum atomic E-state index is 12.3. The van der Waals surface area contributed by atoms with Gasteiger partial charge in [-0.05, 0) is 46.1 Å². The van der Waals surface area contributed by atoms with Gasteiger partial charge in [0.1, 0.15) is 5.60 Å². The number of nitrogens with zero attached hydrogens (tertiary/aromatic N) is 5. The molecule has 10 nitrogen and oxygen atoms in total. The van der Waals surface area contributed by atoms with E-state index >= 15 is 0 Å². The molecule has 2 aliphatic heterocycles. The molecular weight excluding hydrogens is 436 g/mol. The molecule has 4 heterocycles. The highest BCUT2D eigenvalue weighted by molar-refractivity contribution is 5.84. The molecule has 1 N–H and O–H groups in total. The number of piperidine rings is 1. The van der Waals surface area contributed by atoms with Gasteiger partial charge in [0.25, 0.3) is 0 Å². The van der Waals surface area contributed by atoms with Gasteiger partial charge in [0.05, 0.1) is 24.2 Å². The number of hydrogen-bond acceptors (Lipinski definition) is 7. The fourth-order valence-electron chi connectivity index (χ4n) is 4.54. The Balaban J connectivity index is 1.27. The van der Waals surface area contributed by atoms with Crippen LogP contribution < -0.4 is 5.32 Å². The largest absolute Gasteiger partial charge is 0.444 e. The van der Waals surface area contributed by atoms with Gasteiger partial charge in [0.15, 0.2) is 0 Å². The van der Waals surface area contributed by atoms with Crippen molar-refractivity contribution >= 4 is 22.9 Å². The first kappa shape index (κ1) is 22.4. The first-order valence-electron chi connectivity index (χ1n) is 11.8. The van der Waals surface area contributed by atoms with E-state index in [2.05, 4.69) is 20.6 Å². The summed E-state index contributed by atoms with van der Waals surface area (Å²) in [5, 5.41) is 12.6. The smallest absolute Gasteiger partial charge is 0.410 e. The zero-order valence-corrected chi connectivity index (χ0v) is 19.8. The van der Waals surface area contributed by atoms with Crippen molar-refractivity contribution in [2.45, 2.75) is 58.1 Å². The molecule has 2 aromatic heterocycles. The first-order valence-corrected chi connectivity index (χ1v) is 11.8. The Hall–Kier alpha value is -3.43. The van der Waals surface area contributed by atoms with Crippen molar-refractivity contribution < 1.29 is 18.8 Å². The van der Waals surface area contributed by atoms with Crippen LogP contribution in [-0.2, 0) is 16.1 Å². The lowest BCUT2D eigenvalue weighted by molar-refractivity contribution is -0.122. The quantitative estimate of drug-likeness (QED) is 0.627. The van der Waals surface area contributed by atoms with Crippen LogP contribution in [0.3, 0.4) is 0 Å². The number of amides is 2. The number of rotatable bonds is 4. The predicted octanol–water partition coefficient (Wildman–Crippen LogP) is 3.34. The van der Waals surface area contributed by atoms with Crippen LogP contribution in [0.15, 0.2) is 28.9 Å². The summed E-state index contributed by atoms with van der Waals surface area (Å²) in [4.78, 5) is 30.7. The van der Waals surface area contributed by atoms with Gasteiger partial charge in [-0.3, -0.25) is 9.48 Å². The average molecular weight is 467 g/mol. The van der Waals surface area contributed by atoms with E-state index in [0.29, 0.717) is 31.3 Å². The van der Waals surface area contributed by atoms with Crippen molar-refractivity contribution in [2.24, 2.45) is 5.92 Å². The molecule has 1 unspecified atom stereocenters. The second-order valence-electron chi connectivity index (χ2n) is 10.1. The summed E-state index contributed by atoms with van der Waals surface area (Å²) in [7, 11) is 0. The minimum Gasteiger partial charge on any atom is -0.444 e. The lowest BCUT2D eigenvalue weighted by Gasteiger charge is -2.32. The molecule has 0 radical (unpaired) electrons. The van der Waals surface area contributed by atoms with Crippen LogP contribution in [0.25, 0.3) is 22.3 Å². The summed E-state index contributed by atoms with van der Waals surface area (Å²) in [5.41, 5.74) is 1.27. The number of fused-ring (bicyclic) bond motifs is 1. The standard InChI is InChI=1S/C24H30N6O4/c1-24(2,3)33-23(32)29-10-7-15(8-11-29)22-27-20(28-34-22)16-4-5-17-13-26-30(19(17)12-16)14-18-6-9-25-21(18)31/h4-5,12-13,15,18H,6-11,14H2,1-3H3,(H,25,31). The number of likely N-dealkylation sites (tertiary alicyclic amines) is 1. The Morgan fingerprint density at radius 1 is 1.24 bits per heavy atom. The Morgan fingerprint density at radius 2 is 2.03 bits per heavy atom. The molecule has 2 aliphatic rings. The molecule has 1 atom stereocenters. The van der Waals surface area contributed by atoms with E-state index < -0.39 is 5.60 Å². The molecule has 5 rings (SSSR count). The highest BCUT2D eigenvalue weighted by Gasteiger charge is 2.30. The Labute approximate surface area is 197 Å². The van der Waals surface area contributed by atoms with Crippen molar-refractivity contribution in [1.29, 1.82) is 0 Å². The van der Waals surface area contributed by atoms with Crippen molar-refractivity contribution in [3.05, 3.63) is 30.3 Å². The molecule has 0 aliphatic carbocycles. The molecule has 1 aromatic carbocycles. The maximum Gasteiger partial charge on any atom is 0.410 e. The number of ether oxygens (including phenoxy) is 1. The number of carbonyl (C=O) groups excluding carboxylic acids is 2. The Morgan fingerprint density at radius 3 is 2.74 bits per heavy atom. The second kappa shape index (κ2) is 8.73. The maximum absolute atomic E-state index is 12.3. The van der Waals surface area contributed by atoms with Gasteiger partial charge in [-0.15, -0.1) is 0 Å². The SMILES string of the molecule is CC(C)(C)OC(=O)N1CCC(c2nc(-c3ccc4cnn(CC5CCNC5=O)c4c3)no2)CC1. The Kier molecular flexibility index (Phi) is 5.75. The third-order valence-electron chi connectivity index (χ3n) is 6.40. The number of aromatic nitrogens is 4. The number of hydrogen-bond donors (Lipinski definition) is 1. The van der Waals surface area contributed by atoms with E-state index in [9.17, 15) is 9.59 Å². The van der Waals surface area contributed by atoms with Gasteiger partial charge in [0.2, 0.25) is 17.6 Å². The van der Waals surface area contributed by atoms with Gasteiger partial charge in [0, 0.05) is 36.5 Å². The van der Waals surface area contributed by atoms with Crippen LogP contribution in [0, 0.1) is 5.92 Å². The minimum atomic E-state index is -0.505. The topological polar surface area (TPSA) is 115 Å². The van der Waals surface area contributed by atoms with Crippen LogP contribution in [-0.4, -0.2) is 62.1 Å². The Bertz CT molecular complexity index is 1200. The van der Waals surface area contributed by atoms with E-state index in [1.54, 1.807) is 4.90 Å². The summed E-state index contributed by atoms with van der Waals surface area (Å²) in [5.74, 6) is 1.25. The molecule has 0 saturated carbocycles. The molecule has 0 bridgehead atoms. The van der Waals surface area contributed by atoms with Gasteiger partial charge in [-0.25, -0.2) is 4.79 Å². The van der Waals surface area contributed by atoms with E-state index in [-0.39, 0.29) is 23.8 Å².